The third-order valence-electron chi connectivity index (χ3n) is 1.71. The summed E-state index contributed by atoms with van der Waals surface area (Å²) in [4.78, 5) is 14.9. The van der Waals surface area contributed by atoms with Crippen LogP contribution in [0.4, 0.5) is 0 Å². The van der Waals surface area contributed by atoms with Gasteiger partial charge in [-0.1, -0.05) is 22.6 Å². The SMILES string of the molecule is CN1CC(I)N(C)CC1=O. The van der Waals surface area contributed by atoms with Crippen molar-refractivity contribution in [2.75, 3.05) is 27.2 Å². The lowest BCUT2D eigenvalue weighted by Crippen LogP contribution is -2.50. The van der Waals surface area contributed by atoms with Crippen LogP contribution in [0.3, 0.4) is 0 Å². The minimum atomic E-state index is 0.218. The van der Waals surface area contributed by atoms with Crippen LogP contribution < -0.4 is 0 Å². The van der Waals surface area contributed by atoms with E-state index in [9.17, 15) is 4.79 Å². The fraction of sp³-hybridized carbons (Fsp3) is 0.833. The zero-order valence-electron chi connectivity index (χ0n) is 6.17. The topological polar surface area (TPSA) is 23.6 Å². The van der Waals surface area contributed by atoms with Crippen molar-refractivity contribution in [1.82, 2.24) is 9.80 Å². The quantitative estimate of drug-likeness (QED) is 0.349. The molecule has 0 bridgehead atoms. The normalized spacial score (nSPS) is 29.3. The van der Waals surface area contributed by atoms with Crippen LogP contribution >= 0.6 is 22.6 Å². The fourth-order valence-corrected chi connectivity index (χ4v) is 1.69. The third kappa shape index (κ3) is 1.60. The van der Waals surface area contributed by atoms with Gasteiger partial charge in [0.15, 0.2) is 0 Å². The highest BCUT2D eigenvalue weighted by Crippen LogP contribution is 2.12. The lowest BCUT2D eigenvalue weighted by Gasteiger charge is -2.33. The maximum atomic E-state index is 11.0. The predicted molar refractivity (Wildman–Crippen MR) is 48.1 cm³/mol. The van der Waals surface area contributed by atoms with E-state index in [-0.39, 0.29) is 5.91 Å². The maximum Gasteiger partial charge on any atom is 0.236 e. The number of carbonyl (C=O) groups excluding carboxylic acids is 1. The number of hydrogen-bond donors (Lipinski definition) is 0. The molecule has 1 saturated heterocycles. The molecule has 0 saturated carbocycles. The first-order valence-corrected chi connectivity index (χ1v) is 4.44. The summed E-state index contributed by atoms with van der Waals surface area (Å²) in [5.74, 6) is 0.218. The molecule has 0 N–H and O–H groups in total. The Hall–Kier alpha value is 0.160. The molecule has 1 fully saturated rings. The Labute approximate surface area is 74.5 Å². The van der Waals surface area contributed by atoms with E-state index in [1.807, 2.05) is 14.1 Å². The van der Waals surface area contributed by atoms with Crippen molar-refractivity contribution < 1.29 is 4.79 Å². The number of hydrogen-bond acceptors (Lipinski definition) is 2. The van der Waals surface area contributed by atoms with Crippen LogP contribution in [0.1, 0.15) is 0 Å². The largest absolute Gasteiger partial charge is 0.342 e. The second kappa shape index (κ2) is 3.04. The summed E-state index contributed by atoms with van der Waals surface area (Å²) in [5.41, 5.74) is 0. The number of piperazine rings is 1. The zero-order valence-corrected chi connectivity index (χ0v) is 8.33. The Morgan fingerprint density at radius 1 is 1.60 bits per heavy atom. The van der Waals surface area contributed by atoms with E-state index in [2.05, 4.69) is 27.5 Å². The van der Waals surface area contributed by atoms with Crippen molar-refractivity contribution in [1.29, 1.82) is 0 Å². The Morgan fingerprint density at radius 2 is 2.20 bits per heavy atom. The molecule has 0 aromatic carbocycles. The molecule has 1 atom stereocenters. The van der Waals surface area contributed by atoms with Gasteiger partial charge in [-0.3, -0.25) is 9.69 Å². The summed E-state index contributed by atoms with van der Waals surface area (Å²) in [6.07, 6.45) is 0. The molecule has 10 heavy (non-hydrogen) atoms. The molecule has 1 aliphatic heterocycles. The summed E-state index contributed by atoms with van der Waals surface area (Å²) in [6, 6.07) is 0. The molecule has 0 aromatic rings. The molecule has 0 radical (unpaired) electrons. The molecule has 0 aromatic heterocycles. The molecule has 1 amide bonds. The second-order valence-electron chi connectivity index (χ2n) is 2.62. The number of likely N-dealkylation sites (N-methyl/N-ethyl adjacent to an activating group) is 2. The van der Waals surface area contributed by atoms with E-state index in [1.54, 1.807) is 4.90 Å². The number of halogens is 1. The molecule has 0 aliphatic carbocycles. The molecule has 1 aliphatic rings. The van der Waals surface area contributed by atoms with Gasteiger partial charge in [0.25, 0.3) is 0 Å². The van der Waals surface area contributed by atoms with E-state index >= 15 is 0 Å². The molecule has 1 heterocycles. The van der Waals surface area contributed by atoms with Crippen LogP contribution in [-0.4, -0.2) is 46.9 Å². The van der Waals surface area contributed by atoms with Gasteiger partial charge in [-0.15, -0.1) is 0 Å². The number of alkyl halides is 1. The number of carbonyl (C=O) groups is 1. The average Bonchev–Trinajstić information content (AvgIpc) is 1.84. The minimum Gasteiger partial charge on any atom is -0.342 e. The van der Waals surface area contributed by atoms with Crippen molar-refractivity contribution in [3.8, 4) is 0 Å². The van der Waals surface area contributed by atoms with Crippen molar-refractivity contribution in [2.45, 2.75) is 4.05 Å². The van der Waals surface area contributed by atoms with E-state index in [4.69, 9.17) is 0 Å². The van der Waals surface area contributed by atoms with Gasteiger partial charge in [0.05, 0.1) is 10.6 Å². The summed E-state index contributed by atoms with van der Waals surface area (Å²) in [6.45, 7) is 1.40. The highest BCUT2D eigenvalue weighted by molar-refractivity contribution is 14.1. The molecule has 0 spiro atoms. The first-order chi connectivity index (χ1) is 4.61. The number of nitrogens with zero attached hydrogens (tertiary/aromatic N) is 2. The molecular formula is C6H11IN2O. The van der Waals surface area contributed by atoms with E-state index < -0.39 is 0 Å². The molecule has 1 rings (SSSR count). The number of amides is 1. The van der Waals surface area contributed by atoms with E-state index in [1.165, 1.54) is 0 Å². The van der Waals surface area contributed by atoms with E-state index in [0.29, 0.717) is 10.6 Å². The van der Waals surface area contributed by atoms with Gasteiger partial charge < -0.3 is 4.90 Å². The Morgan fingerprint density at radius 3 is 2.70 bits per heavy atom. The zero-order chi connectivity index (χ0) is 7.72. The van der Waals surface area contributed by atoms with Gasteiger partial charge in [0, 0.05) is 13.6 Å². The molecule has 58 valence electrons. The fourth-order valence-electron chi connectivity index (χ4n) is 0.900. The average molecular weight is 254 g/mol. The van der Waals surface area contributed by atoms with Crippen molar-refractivity contribution in [3.05, 3.63) is 0 Å². The van der Waals surface area contributed by atoms with Gasteiger partial charge in [-0.2, -0.15) is 0 Å². The van der Waals surface area contributed by atoms with Crippen LogP contribution in [0.15, 0.2) is 0 Å². The van der Waals surface area contributed by atoms with Gasteiger partial charge >= 0.3 is 0 Å². The van der Waals surface area contributed by atoms with Gasteiger partial charge in [-0.05, 0) is 7.05 Å². The maximum absolute atomic E-state index is 11.0. The standard InChI is InChI=1S/C6H11IN2O/c1-8-4-6(10)9(2)3-5(8)7/h5H,3-4H2,1-2H3. The lowest BCUT2D eigenvalue weighted by atomic mass is 10.3. The molecular weight excluding hydrogens is 243 g/mol. The van der Waals surface area contributed by atoms with Gasteiger partial charge in [0.1, 0.15) is 0 Å². The summed E-state index contributed by atoms with van der Waals surface area (Å²) in [5, 5.41) is 0. The number of rotatable bonds is 0. The van der Waals surface area contributed by atoms with Crippen LogP contribution in [0.25, 0.3) is 0 Å². The van der Waals surface area contributed by atoms with Crippen molar-refractivity contribution in [2.24, 2.45) is 0 Å². The highest BCUT2D eigenvalue weighted by Gasteiger charge is 2.24. The Kier molecular flexibility index (Phi) is 2.51. The summed E-state index contributed by atoms with van der Waals surface area (Å²) in [7, 11) is 3.82. The van der Waals surface area contributed by atoms with Crippen molar-refractivity contribution >= 4 is 28.5 Å². The Bertz CT molecular complexity index is 151. The first-order valence-electron chi connectivity index (χ1n) is 3.19. The summed E-state index contributed by atoms with van der Waals surface area (Å²) >= 11 is 2.34. The van der Waals surface area contributed by atoms with Gasteiger partial charge in [0.2, 0.25) is 5.91 Å². The third-order valence-corrected chi connectivity index (χ3v) is 3.06. The molecule has 4 heteroatoms. The lowest BCUT2D eigenvalue weighted by molar-refractivity contribution is -0.134. The van der Waals surface area contributed by atoms with Crippen LogP contribution in [0.2, 0.25) is 0 Å². The van der Waals surface area contributed by atoms with Crippen molar-refractivity contribution in [3.63, 3.8) is 0 Å². The second-order valence-corrected chi connectivity index (χ2v) is 4.06. The minimum absolute atomic E-state index is 0.218. The first kappa shape index (κ1) is 8.26. The highest BCUT2D eigenvalue weighted by atomic mass is 127. The van der Waals surface area contributed by atoms with Crippen LogP contribution in [0, 0.1) is 0 Å². The smallest absolute Gasteiger partial charge is 0.236 e. The van der Waals surface area contributed by atoms with Crippen LogP contribution in [-0.2, 0) is 4.79 Å². The Balaban J connectivity index is 2.54. The van der Waals surface area contributed by atoms with Gasteiger partial charge in [-0.25, -0.2) is 0 Å². The molecule has 1 unspecified atom stereocenters. The predicted octanol–water partition coefficient (Wildman–Crippen LogP) is 0.151. The van der Waals surface area contributed by atoms with E-state index in [0.717, 1.165) is 6.54 Å². The summed E-state index contributed by atoms with van der Waals surface area (Å²) < 4.78 is 0.472. The van der Waals surface area contributed by atoms with Crippen LogP contribution in [0.5, 0.6) is 0 Å². The monoisotopic (exact) mass is 254 g/mol. The molecule has 3 nitrogen and oxygen atoms in total.